The molecule has 7 nitrogen and oxygen atoms in total. The van der Waals surface area contributed by atoms with Crippen LogP contribution in [0.3, 0.4) is 0 Å². The van der Waals surface area contributed by atoms with E-state index in [9.17, 15) is 14.4 Å². The predicted molar refractivity (Wildman–Crippen MR) is 75.8 cm³/mol. The molecule has 1 unspecified atom stereocenters. The zero-order chi connectivity index (χ0) is 15.3. The highest BCUT2D eigenvalue weighted by atomic mass is 16.4. The molecule has 1 heterocycles. The number of carboxylic acids is 1. The van der Waals surface area contributed by atoms with Gasteiger partial charge in [-0.25, -0.2) is 4.79 Å². The van der Waals surface area contributed by atoms with Crippen molar-refractivity contribution in [3.63, 3.8) is 0 Å². The van der Waals surface area contributed by atoms with Crippen molar-refractivity contribution in [3.8, 4) is 0 Å². The minimum atomic E-state index is -0.889. The van der Waals surface area contributed by atoms with Crippen LogP contribution in [0.1, 0.15) is 51.4 Å². The van der Waals surface area contributed by atoms with E-state index >= 15 is 0 Å². The highest BCUT2D eigenvalue weighted by Gasteiger charge is 2.36. The van der Waals surface area contributed by atoms with E-state index < -0.39 is 11.5 Å². The average molecular weight is 297 g/mol. The molecule has 1 saturated heterocycles. The van der Waals surface area contributed by atoms with Gasteiger partial charge in [-0.15, -0.1) is 0 Å². The van der Waals surface area contributed by atoms with Crippen LogP contribution in [-0.4, -0.2) is 41.1 Å². The predicted octanol–water partition coefficient (Wildman–Crippen LogP) is 0.742. The minimum absolute atomic E-state index is 0.0110. The topological polar surface area (TPSA) is 108 Å². The number of amides is 3. The number of hydrogen-bond acceptors (Lipinski definition) is 3. The van der Waals surface area contributed by atoms with Gasteiger partial charge >= 0.3 is 12.0 Å². The van der Waals surface area contributed by atoms with E-state index in [0.717, 1.165) is 25.7 Å². The third-order valence-electron chi connectivity index (χ3n) is 4.27. The number of urea groups is 1. The van der Waals surface area contributed by atoms with E-state index in [1.54, 1.807) is 0 Å². The van der Waals surface area contributed by atoms with Crippen LogP contribution in [0.15, 0.2) is 0 Å². The smallest absolute Gasteiger partial charge is 0.315 e. The Labute approximate surface area is 123 Å². The molecule has 21 heavy (non-hydrogen) atoms. The maximum atomic E-state index is 12.0. The van der Waals surface area contributed by atoms with Gasteiger partial charge in [-0.2, -0.15) is 0 Å². The first kappa shape index (κ1) is 15.6. The Hall–Kier alpha value is -1.79. The third-order valence-corrected chi connectivity index (χ3v) is 4.27. The van der Waals surface area contributed by atoms with Crippen molar-refractivity contribution in [3.05, 3.63) is 0 Å². The molecule has 0 aromatic heterocycles. The molecule has 2 fully saturated rings. The van der Waals surface area contributed by atoms with Gasteiger partial charge in [0.2, 0.25) is 5.91 Å². The van der Waals surface area contributed by atoms with E-state index in [-0.39, 0.29) is 24.4 Å². The molecule has 7 heteroatoms. The van der Waals surface area contributed by atoms with Crippen molar-refractivity contribution in [2.24, 2.45) is 0 Å². The van der Waals surface area contributed by atoms with E-state index in [1.165, 1.54) is 0 Å². The van der Waals surface area contributed by atoms with Gasteiger partial charge in [0.1, 0.15) is 0 Å². The lowest BCUT2D eigenvalue weighted by Gasteiger charge is -2.37. The molecule has 2 aliphatic rings. The zero-order valence-corrected chi connectivity index (χ0v) is 12.1. The van der Waals surface area contributed by atoms with Crippen molar-refractivity contribution in [2.45, 2.75) is 62.9 Å². The molecule has 3 amide bonds. The molecule has 118 valence electrons. The van der Waals surface area contributed by atoms with Crippen LogP contribution in [0.5, 0.6) is 0 Å². The lowest BCUT2D eigenvalue weighted by atomic mass is 9.79. The second kappa shape index (κ2) is 6.78. The monoisotopic (exact) mass is 297 g/mol. The minimum Gasteiger partial charge on any atom is -0.481 e. The summed E-state index contributed by atoms with van der Waals surface area (Å²) < 4.78 is 0. The molecule has 0 spiro atoms. The summed E-state index contributed by atoms with van der Waals surface area (Å²) in [7, 11) is 0. The summed E-state index contributed by atoms with van der Waals surface area (Å²) in [5, 5.41) is 17.4. The van der Waals surface area contributed by atoms with Gasteiger partial charge < -0.3 is 21.1 Å². The molecule has 4 N–H and O–H groups in total. The summed E-state index contributed by atoms with van der Waals surface area (Å²) in [6.45, 7) is 0.376. The Morgan fingerprint density at radius 2 is 2.00 bits per heavy atom. The molecule has 1 aliphatic carbocycles. The van der Waals surface area contributed by atoms with Crippen molar-refractivity contribution >= 4 is 17.9 Å². The van der Waals surface area contributed by atoms with Crippen LogP contribution >= 0.6 is 0 Å². The maximum absolute atomic E-state index is 12.0. The molecule has 1 saturated carbocycles. The standard InChI is InChI=1S/C14H23N3O4/c18-11-5-4-10(16-11)9-15-13(21)17-14(8-12(19)20)6-2-1-3-7-14/h10H,1-9H2,(H,16,18)(H,19,20)(H2,15,17,21). The SMILES string of the molecule is O=C(O)CC1(NC(=O)NCC2CCC(=O)N2)CCCCC1. The summed E-state index contributed by atoms with van der Waals surface area (Å²) >= 11 is 0. The van der Waals surface area contributed by atoms with Crippen molar-refractivity contribution in [2.75, 3.05) is 6.54 Å². The van der Waals surface area contributed by atoms with Crippen molar-refractivity contribution in [1.82, 2.24) is 16.0 Å². The van der Waals surface area contributed by atoms with Crippen LogP contribution in [0, 0.1) is 0 Å². The molecule has 1 atom stereocenters. The first-order valence-corrected chi connectivity index (χ1v) is 7.56. The van der Waals surface area contributed by atoms with Crippen LogP contribution < -0.4 is 16.0 Å². The fraction of sp³-hybridized carbons (Fsp3) is 0.786. The molecule has 1 aliphatic heterocycles. The molecular formula is C14H23N3O4. The van der Waals surface area contributed by atoms with E-state index in [2.05, 4.69) is 16.0 Å². The number of nitrogens with one attached hydrogen (secondary N) is 3. The van der Waals surface area contributed by atoms with Crippen molar-refractivity contribution in [1.29, 1.82) is 0 Å². The lowest BCUT2D eigenvalue weighted by Crippen LogP contribution is -2.55. The fourth-order valence-corrected chi connectivity index (χ4v) is 3.20. The molecule has 0 aromatic rings. The Balaban J connectivity index is 1.82. The number of rotatable bonds is 5. The first-order valence-electron chi connectivity index (χ1n) is 7.56. The Kier molecular flexibility index (Phi) is 5.03. The van der Waals surface area contributed by atoms with E-state index in [1.807, 2.05) is 0 Å². The highest BCUT2D eigenvalue weighted by molar-refractivity contribution is 5.79. The number of hydrogen-bond donors (Lipinski definition) is 4. The third kappa shape index (κ3) is 4.61. The number of carbonyl (C=O) groups is 3. The van der Waals surface area contributed by atoms with Gasteiger partial charge in [0.05, 0.1) is 12.0 Å². The molecule has 2 rings (SSSR count). The van der Waals surface area contributed by atoms with E-state index in [0.29, 0.717) is 25.8 Å². The van der Waals surface area contributed by atoms with Gasteiger partial charge in [-0.3, -0.25) is 9.59 Å². The average Bonchev–Trinajstić information content (AvgIpc) is 2.82. The van der Waals surface area contributed by atoms with Crippen LogP contribution in [0.4, 0.5) is 4.79 Å². The Bertz CT molecular complexity index is 418. The van der Waals surface area contributed by atoms with Gasteiger partial charge in [-0.05, 0) is 19.3 Å². The summed E-state index contributed by atoms with van der Waals surface area (Å²) in [6, 6.07) is -0.371. The lowest BCUT2D eigenvalue weighted by molar-refractivity contribution is -0.139. The second-order valence-electron chi connectivity index (χ2n) is 6.05. The Morgan fingerprint density at radius 1 is 1.29 bits per heavy atom. The second-order valence-corrected chi connectivity index (χ2v) is 6.05. The number of carboxylic acid groups (broad SMARTS) is 1. The normalized spacial score (nSPS) is 24.2. The van der Waals surface area contributed by atoms with Crippen LogP contribution in [-0.2, 0) is 9.59 Å². The van der Waals surface area contributed by atoms with Gasteiger partial charge in [0.25, 0.3) is 0 Å². The number of aliphatic carboxylic acids is 1. The maximum Gasteiger partial charge on any atom is 0.315 e. The van der Waals surface area contributed by atoms with E-state index in [4.69, 9.17) is 5.11 Å². The zero-order valence-electron chi connectivity index (χ0n) is 12.1. The summed E-state index contributed by atoms with van der Waals surface area (Å²) in [6.07, 6.45) is 5.54. The first-order chi connectivity index (χ1) is 9.99. The summed E-state index contributed by atoms with van der Waals surface area (Å²) in [5.74, 6) is -0.878. The van der Waals surface area contributed by atoms with Gasteiger partial charge in [0.15, 0.2) is 0 Å². The Morgan fingerprint density at radius 3 is 2.57 bits per heavy atom. The van der Waals surface area contributed by atoms with Gasteiger partial charge in [0, 0.05) is 19.0 Å². The van der Waals surface area contributed by atoms with Crippen LogP contribution in [0.25, 0.3) is 0 Å². The summed E-state index contributed by atoms with van der Waals surface area (Å²) in [4.78, 5) is 34.1. The summed E-state index contributed by atoms with van der Waals surface area (Å²) in [5.41, 5.74) is -0.632. The van der Waals surface area contributed by atoms with Gasteiger partial charge in [-0.1, -0.05) is 19.3 Å². The number of carbonyl (C=O) groups excluding carboxylic acids is 2. The molecule has 0 aromatic carbocycles. The van der Waals surface area contributed by atoms with Crippen LogP contribution in [0.2, 0.25) is 0 Å². The molecule has 0 bridgehead atoms. The van der Waals surface area contributed by atoms with Crippen molar-refractivity contribution < 1.29 is 19.5 Å². The fourth-order valence-electron chi connectivity index (χ4n) is 3.20. The largest absolute Gasteiger partial charge is 0.481 e. The highest BCUT2D eigenvalue weighted by Crippen LogP contribution is 2.31. The molecular weight excluding hydrogens is 274 g/mol. The quantitative estimate of drug-likeness (QED) is 0.600. The molecule has 0 radical (unpaired) electrons.